The van der Waals surface area contributed by atoms with Crippen molar-refractivity contribution in [3.8, 4) is 0 Å². The number of ether oxygens (including phenoxy) is 3. The fourth-order valence-electron chi connectivity index (χ4n) is 3.37. The summed E-state index contributed by atoms with van der Waals surface area (Å²) in [5.41, 5.74) is -0.828. The van der Waals surface area contributed by atoms with Gasteiger partial charge in [-0.25, -0.2) is 9.59 Å². The molecule has 1 fully saturated rings. The Morgan fingerprint density at radius 2 is 1.97 bits per heavy atom. The molecule has 8 nitrogen and oxygen atoms in total. The summed E-state index contributed by atoms with van der Waals surface area (Å²) in [4.78, 5) is 49.3. The van der Waals surface area contributed by atoms with Crippen LogP contribution >= 0.6 is 0 Å². The van der Waals surface area contributed by atoms with Crippen LogP contribution in [0.1, 0.15) is 47.5 Å². The van der Waals surface area contributed by atoms with E-state index in [0.717, 1.165) is 5.57 Å². The van der Waals surface area contributed by atoms with E-state index in [1.165, 1.54) is 13.8 Å². The summed E-state index contributed by atoms with van der Waals surface area (Å²) in [6, 6.07) is 0. The Kier molecular flexibility index (Phi) is 7.59. The van der Waals surface area contributed by atoms with Crippen LogP contribution in [0.2, 0.25) is 0 Å². The summed E-state index contributed by atoms with van der Waals surface area (Å²) in [6.07, 6.45) is 1.51. The fourth-order valence-corrected chi connectivity index (χ4v) is 3.37. The van der Waals surface area contributed by atoms with Crippen molar-refractivity contribution >= 4 is 24.2 Å². The Balaban J connectivity index is 2.66. The summed E-state index contributed by atoms with van der Waals surface area (Å²) in [6.45, 7) is 11.4. The summed E-state index contributed by atoms with van der Waals surface area (Å²) in [7, 11) is 0. The van der Waals surface area contributed by atoms with Crippen LogP contribution in [-0.4, -0.2) is 53.2 Å². The fraction of sp³-hybridized carbons (Fsp3) is 0.565. The number of fused-ring (bicyclic) bond motifs is 1. The van der Waals surface area contributed by atoms with E-state index in [9.17, 15) is 24.3 Å². The number of aliphatic hydroxyl groups is 1. The lowest BCUT2D eigenvalue weighted by Crippen LogP contribution is -2.48. The third-order valence-corrected chi connectivity index (χ3v) is 5.20. The Bertz CT molecular complexity index is 827. The summed E-state index contributed by atoms with van der Waals surface area (Å²) in [5, 5.41) is 10.1. The average Bonchev–Trinajstić information content (AvgIpc) is 2.93. The van der Waals surface area contributed by atoms with Crippen LogP contribution in [0.15, 0.2) is 35.5 Å². The molecule has 1 aliphatic carbocycles. The molecular formula is C23H30O8. The Morgan fingerprint density at radius 3 is 2.52 bits per heavy atom. The minimum atomic E-state index is -1.86. The summed E-state index contributed by atoms with van der Waals surface area (Å²) < 4.78 is 16.6. The highest BCUT2D eigenvalue weighted by Gasteiger charge is 2.50. The second-order valence-electron chi connectivity index (χ2n) is 8.74. The van der Waals surface area contributed by atoms with Gasteiger partial charge in [0.05, 0.1) is 11.8 Å². The van der Waals surface area contributed by atoms with Gasteiger partial charge in [0.15, 0.2) is 17.8 Å². The molecule has 4 unspecified atom stereocenters. The largest absolute Gasteiger partial charge is 0.455 e. The molecule has 0 aromatic rings. The van der Waals surface area contributed by atoms with Gasteiger partial charge in [-0.05, 0) is 39.7 Å². The number of aldehydes is 1. The first-order valence-corrected chi connectivity index (χ1v) is 10.2. The number of carbonyl (C=O) groups is 4. The number of hydrogen-bond acceptors (Lipinski definition) is 8. The van der Waals surface area contributed by atoms with Crippen molar-refractivity contribution in [3.63, 3.8) is 0 Å². The Hall–Kier alpha value is -2.74. The predicted molar refractivity (Wildman–Crippen MR) is 111 cm³/mol. The zero-order chi connectivity index (χ0) is 23.5. The zero-order valence-corrected chi connectivity index (χ0v) is 18.5. The molecule has 0 saturated carbocycles. The van der Waals surface area contributed by atoms with Gasteiger partial charge in [0, 0.05) is 11.1 Å². The molecule has 0 amide bonds. The number of carbonyl (C=O) groups excluding carboxylic acids is 4. The van der Waals surface area contributed by atoms with Crippen molar-refractivity contribution in [2.75, 3.05) is 0 Å². The molecule has 1 N–H and O–H groups in total. The van der Waals surface area contributed by atoms with Crippen LogP contribution < -0.4 is 0 Å². The van der Waals surface area contributed by atoms with Gasteiger partial charge in [-0.2, -0.15) is 0 Å². The molecule has 1 heterocycles. The van der Waals surface area contributed by atoms with E-state index >= 15 is 0 Å². The van der Waals surface area contributed by atoms with Gasteiger partial charge in [-0.1, -0.05) is 32.1 Å². The molecular weight excluding hydrogens is 404 g/mol. The number of allylic oxidation sites excluding steroid dienone is 2. The third-order valence-electron chi connectivity index (χ3n) is 5.20. The van der Waals surface area contributed by atoms with Gasteiger partial charge in [0.1, 0.15) is 12.4 Å². The molecule has 31 heavy (non-hydrogen) atoms. The van der Waals surface area contributed by atoms with Crippen molar-refractivity contribution in [2.24, 2.45) is 11.8 Å². The maximum atomic E-state index is 12.6. The van der Waals surface area contributed by atoms with E-state index in [2.05, 4.69) is 6.58 Å². The normalized spacial score (nSPS) is 26.9. The zero-order valence-electron chi connectivity index (χ0n) is 18.5. The minimum Gasteiger partial charge on any atom is -0.455 e. The quantitative estimate of drug-likeness (QED) is 0.230. The van der Waals surface area contributed by atoms with E-state index < -0.39 is 53.7 Å². The summed E-state index contributed by atoms with van der Waals surface area (Å²) in [5.74, 6) is -3.72. The Labute approximate surface area is 181 Å². The van der Waals surface area contributed by atoms with Crippen LogP contribution in [-0.2, 0) is 33.4 Å². The molecule has 0 spiro atoms. The van der Waals surface area contributed by atoms with Gasteiger partial charge >= 0.3 is 17.9 Å². The lowest BCUT2D eigenvalue weighted by atomic mass is 9.83. The summed E-state index contributed by atoms with van der Waals surface area (Å²) >= 11 is 0. The van der Waals surface area contributed by atoms with Crippen LogP contribution in [0.4, 0.5) is 0 Å². The van der Waals surface area contributed by atoms with Crippen molar-refractivity contribution in [1.82, 2.24) is 0 Å². The standard InChI is InChI=1S/C23H30O8/c1-12(2)20(25)30-18-15(11-24)9-7-8-13(3)10-16-17(14(4)21(26)29-16)19(18)31-22(27)23(5,6)28/h9-12,16-19,28H,4,7-8H2,1-3,5-6H3. The van der Waals surface area contributed by atoms with Gasteiger partial charge in [-0.15, -0.1) is 0 Å². The highest BCUT2D eigenvalue weighted by atomic mass is 16.6. The SMILES string of the molecule is C=C1C(=O)OC2C=C(C)CCC=C(C=O)C(OC(=O)C(C)C)C(OC(=O)C(C)(C)O)C12. The highest BCUT2D eigenvalue weighted by Crippen LogP contribution is 2.37. The minimum absolute atomic E-state index is 0.0269. The van der Waals surface area contributed by atoms with Gasteiger partial charge in [0.2, 0.25) is 0 Å². The molecule has 0 radical (unpaired) electrons. The molecule has 170 valence electrons. The van der Waals surface area contributed by atoms with Crippen molar-refractivity contribution in [2.45, 2.75) is 71.4 Å². The van der Waals surface area contributed by atoms with E-state index in [4.69, 9.17) is 14.2 Å². The van der Waals surface area contributed by atoms with Crippen LogP contribution in [0.3, 0.4) is 0 Å². The highest BCUT2D eigenvalue weighted by molar-refractivity contribution is 5.91. The molecule has 2 aliphatic rings. The smallest absolute Gasteiger partial charge is 0.337 e. The molecule has 0 bridgehead atoms. The first-order valence-electron chi connectivity index (χ1n) is 10.2. The Morgan fingerprint density at radius 1 is 1.32 bits per heavy atom. The van der Waals surface area contributed by atoms with Crippen molar-refractivity contribution < 1.29 is 38.5 Å². The molecule has 8 heteroatoms. The first-order chi connectivity index (χ1) is 14.4. The lowest BCUT2D eigenvalue weighted by Gasteiger charge is -2.34. The number of esters is 3. The monoisotopic (exact) mass is 434 g/mol. The van der Waals surface area contributed by atoms with E-state index in [1.54, 1.807) is 26.0 Å². The molecule has 4 atom stereocenters. The molecule has 1 aliphatic heterocycles. The maximum Gasteiger partial charge on any atom is 0.337 e. The molecule has 1 saturated heterocycles. The second kappa shape index (κ2) is 9.60. The van der Waals surface area contributed by atoms with Gasteiger partial charge < -0.3 is 19.3 Å². The van der Waals surface area contributed by atoms with Crippen LogP contribution in [0.25, 0.3) is 0 Å². The maximum absolute atomic E-state index is 12.6. The van der Waals surface area contributed by atoms with Crippen molar-refractivity contribution in [1.29, 1.82) is 0 Å². The predicted octanol–water partition coefficient (Wildman–Crippen LogP) is 2.20. The third kappa shape index (κ3) is 5.70. The first kappa shape index (κ1) is 24.5. The topological polar surface area (TPSA) is 116 Å². The van der Waals surface area contributed by atoms with Crippen molar-refractivity contribution in [3.05, 3.63) is 35.5 Å². The van der Waals surface area contributed by atoms with E-state index in [0.29, 0.717) is 19.1 Å². The van der Waals surface area contributed by atoms with Crippen LogP contribution in [0.5, 0.6) is 0 Å². The van der Waals surface area contributed by atoms with Gasteiger partial charge in [-0.3, -0.25) is 9.59 Å². The number of rotatable bonds is 5. The van der Waals surface area contributed by atoms with E-state index in [-0.39, 0.29) is 11.1 Å². The number of hydrogen-bond donors (Lipinski definition) is 1. The lowest BCUT2D eigenvalue weighted by molar-refractivity contribution is -0.183. The van der Waals surface area contributed by atoms with E-state index in [1.807, 2.05) is 6.92 Å². The molecule has 2 rings (SSSR count). The van der Waals surface area contributed by atoms with Crippen LogP contribution in [0, 0.1) is 11.8 Å². The van der Waals surface area contributed by atoms with Gasteiger partial charge in [0.25, 0.3) is 0 Å². The average molecular weight is 434 g/mol. The second-order valence-corrected chi connectivity index (χ2v) is 8.74. The molecule has 0 aromatic heterocycles. The molecule has 0 aromatic carbocycles.